The maximum absolute atomic E-state index is 6.47. The van der Waals surface area contributed by atoms with E-state index in [-0.39, 0.29) is 5.50 Å². The molecule has 0 amide bonds. The summed E-state index contributed by atoms with van der Waals surface area (Å²) in [6.07, 6.45) is 7.36. The van der Waals surface area contributed by atoms with Crippen LogP contribution in [0.15, 0.2) is 54.3 Å². The maximum atomic E-state index is 6.47. The predicted molar refractivity (Wildman–Crippen MR) is 67.0 cm³/mol. The largest absolute Gasteiger partial charge is 0.301 e. The molecule has 1 aliphatic carbocycles. The first-order valence-electron chi connectivity index (χ1n) is 5.48. The van der Waals surface area contributed by atoms with Crippen molar-refractivity contribution >= 4 is 17.3 Å². The number of benzene rings is 1. The van der Waals surface area contributed by atoms with E-state index in [1.807, 2.05) is 23.2 Å². The van der Waals surface area contributed by atoms with Crippen LogP contribution in [0.4, 0.5) is 5.69 Å². The van der Waals surface area contributed by atoms with Crippen molar-refractivity contribution in [3.63, 3.8) is 0 Å². The van der Waals surface area contributed by atoms with E-state index < -0.39 is 0 Å². The van der Waals surface area contributed by atoms with Gasteiger partial charge >= 0.3 is 0 Å². The van der Waals surface area contributed by atoms with Crippen molar-refractivity contribution in [2.75, 3.05) is 5.01 Å². The van der Waals surface area contributed by atoms with Crippen molar-refractivity contribution in [1.29, 1.82) is 0 Å². The molecule has 82 valence electrons. The molecule has 0 aromatic heterocycles. The molecular weight excluding hydrogens is 220 g/mol. The Labute approximate surface area is 100 Å². The average molecular weight is 233 g/mol. The highest BCUT2D eigenvalue weighted by Crippen LogP contribution is 2.35. The van der Waals surface area contributed by atoms with Gasteiger partial charge in [-0.05, 0) is 24.6 Å². The van der Waals surface area contributed by atoms with Crippen LogP contribution >= 0.6 is 11.6 Å². The molecule has 2 aliphatic rings. The third kappa shape index (κ3) is 1.50. The van der Waals surface area contributed by atoms with Crippen molar-refractivity contribution in [2.45, 2.75) is 11.9 Å². The molecule has 0 spiro atoms. The highest BCUT2D eigenvalue weighted by molar-refractivity contribution is 6.22. The average Bonchev–Trinajstić information content (AvgIpc) is 2.69. The smallest absolute Gasteiger partial charge is 0.132 e. The third-order valence-electron chi connectivity index (χ3n) is 3.06. The number of alkyl halides is 1. The zero-order chi connectivity index (χ0) is 11.0. The van der Waals surface area contributed by atoms with Gasteiger partial charge in [0, 0.05) is 11.6 Å². The molecule has 0 radical (unpaired) electrons. The van der Waals surface area contributed by atoms with Gasteiger partial charge in [0.1, 0.15) is 5.50 Å². The van der Waals surface area contributed by atoms with Crippen LogP contribution in [-0.4, -0.2) is 5.50 Å². The van der Waals surface area contributed by atoms with E-state index >= 15 is 0 Å². The summed E-state index contributed by atoms with van der Waals surface area (Å²) in [5, 5.41) is 2.03. The normalized spacial score (nSPS) is 27.3. The summed E-state index contributed by atoms with van der Waals surface area (Å²) in [7, 11) is 0. The molecular formula is C13H13ClN2. The Bertz CT molecular complexity index is 439. The van der Waals surface area contributed by atoms with E-state index in [0.29, 0.717) is 5.92 Å². The molecule has 2 atom stereocenters. The summed E-state index contributed by atoms with van der Waals surface area (Å²) >= 11 is 6.47. The van der Waals surface area contributed by atoms with Crippen molar-refractivity contribution < 1.29 is 0 Å². The van der Waals surface area contributed by atoms with Gasteiger partial charge < -0.3 is 5.43 Å². The lowest BCUT2D eigenvalue weighted by Gasteiger charge is -2.22. The van der Waals surface area contributed by atoms with Crippen LogP contribution in [0.5, 0.6) is 0 Å². The van der Waals surface area contributed by atoms with Gasteiger partial charge in [0.05, 0.1) is 5.69 Å². The first-order valence-corrected chi connectivity index (χ1v) is 5.91. The lowest BCUT2D eigenvalue weighted by Crippen LogP contribution is -2.34. The van der Waals surface area contributed by atoms with Gasteiger partial charge in [-0.3, -0.25) is 5.01 Å². The third-order valence-corrected chi connectivity index (χ3v) is 3.56. The van der Waals surface area contributed by atoms with Crippen LogP contribution in [0, 0.1) is 5.92 Å². The van der Waals surface area contributed by atoms with E-state index in [1.165, 1.54) is 5.70 Å². The van der Waals surface area contributed by atoms with Crippen LogP contribution in [0.2, 0.25) is 0 Å². The molecule has 3 rings (SSSR count). The Morgan fingerprint density at radius 1 is 1.25 bits per heavy atom. The molecule has 3 heteroatoms. The van der Waals surface area contributed by atoms with Gasteiger partial charge in [0.25, 0.3) is 0 Å². The van der Waals surface area contributed by atoms with Crippen LogP contribution in [0.25, 0.3) is 0 Å². The summed E-state index contributed by atoms with van der Waals surface area (Å²) in [6.45, 7) is 0. The molecule has 16 heavy (non-hydrogen) atoms. The fourth-order valence-corrected chi connectivity index (χ4v) is 2.60. The second kappa shape index (κ2) is 3.87. The molecule has 0 saturated carbocycles. The Morgan fingerprint density at radius 3 is 2.81 bits per heavy atom. The fraction of sp³-hybridized carbons (Fsp3) is 0.231. The number of nitrogens with one attached hydrogen (secondary N) is 1. The quantitative estimate of drug-likeness (QED) is 0.592. The highest BCUT2D eigenvalue weighted by atomic mass is 35.5. The van der Waals surface area contributed by atoms with Crippen molar-refractivity contribution in [3.05, 3.63) is 54.3 Å². The maximum Gasteiger partial charge on any atom is 0.132 e. The standard InChI is InChI=1S/C13H13ClN2/c14-13-11-8-4-5-9-12(11)15-16(13)10-6-2-1-3-7-10/h1-7,9,11,13,15H,8H2. The van der Waals surface area contributed by atoms with Crippen LogP contribution < -0.4 is 10.4 Å². The number of hydrazine groups is 1. The molecule has 1 fully saturated rings. The minimum absolute atomic E-state index is 0.0152. The Hall–Kier alpha value is -1.41. The van der Waals surface area contributed by atoms with Crippen LogP contribution in [0.3, 0.4) is 0 Å². The van der Waals surface area contributed by atoms with Crippen LogP contribution in [0.1, 0.15) is 6.42 Å². The molecule has 1 aromatic carbocycles. The van der Waals surface area contributed by atoms with Crippen molar-refractivity contribution in [2.24, 2.45) is 5.92 Å². The minimum atomic E-state index is -0.0152. The number of para-hydroxylation sites is 1. The monoisotopic (exact) mass is 232 g/mol. The summed E-state index contributed by atoms with van der Waals surface area (Å²) in [6, 6.07) is 10.2. The Balaban J connectivity index is 1.90. The van der Waals surface area contributed by atoms with Gasteiger partial charge in [0.15, 0.2) is 0 Å². The number of hydrogen-bond donors (Lipinski definition) is 1. The SMILES string of the molecule is ClC1C2CC=CC=C2NN1c1ccccc1. The van der Waals surface area contributed by atoms with Crippen LogP contribution in [-0.2, 0) is 0 Å². The zero-order valence-corrected chi connectivity index (χ0v) is 9.56. The molecule has 1 aliphatic heterocycles. The number of rotatable bonds is 1. The fourth-order valence-electron chi connectivity index (χ4n) is 2.20. The number of hydrogen-bond acceptors (Lipinski definition) is 2. The van der Waals surface area contributed by atoms with Gasteiger partial charge in [-0.1, -0.05) is 42.0 Å². The molecule has 1 saturated heterocycles. The molecule has 2 nitrogen and oxygen atoms in total. The summed E-state index contributed by atoms with van der Waals surface area (Å²) in [5.41, 5.74) is 5.68. The first kappa shape index (κ1) is 9.79. The molecule has 0 bridgehead atoms. The lowest BCUT2D eigenvalue weighted by molar-refractivity contribution is 0.639. The topological polar surface area (TPSA) is 15.3 Å². The molecule has 1 N–H and O–H groups in total. The Morgan fingerprint density at radius 2 is 2.06 bits per heavy atom. The number of nitrogens with zero attached hydrogens (tertiary/aromatic N) is 1. The predicted octanol–water partition coefficient (Wildman–Crippen LogP) is 3.04. The van der Waals surface area contributed by atoms with E-state index in [2.05, 4.69) is 35.8 Å². The van der Waals surface area contributed by atoms with Gasteiger partial charge in [-0.25, -0.2) is 0 Å². The second-order valence-electron chi connectivity index (χ2n) is 4.08. The van der Waals surface area contributed by atoms with Crippen molar-refractivity contribution in [1.82, 2.24) is 5.43 Å². The summed E-state index contributed by atoms with van der Waals surface area (Å²) in [5.74, 6) is 0.381. The van der Waals surface area contributed by atoms with E-state index in [0.717, 1.165) is 12.1 Å². The van der Waals surface area contributed by atoms with Crippen molar-refractivity contribution in [3.8, 4) is 0 Å². The van der Waals surface area contributed by atoms with E-state index in [4.69, 9.17) is 11.6 Å². The number of halogens is 1. The van der Waals surface area contributed by atoms with Gasteiger partial charge in [0.2, 0.25) is 0 Å². The summed E-state index contributed by atoms with van der Waals surface area (Å²) < 4.78 is 0. The molecule has 1 heterocycles. The summed E-state index contributed by atoms with van der Waals surface area (Å²) in [4.78, 5) is 0. The minimum Gasteiger partial charge on any atom is -0.301 e. The lowest BCUT2D eigenvalue weighted by atomic mass is 9.98. The van der Waals surface area contributed by atoms with E-state index in [1.54, 1.807) is 0 Å². The van der Waals surface area contributed by atoms with Gasteiger partial charge in [-0.2, -0.15) is 0 Å². The first-order chi connectivity index (χ1) is 7.86. The van der Waals surface area contributed by atoms with E-state index in [9.17, 15) is 0 Å². The zero-order valence-electron chi connectivity index (χ0n) is 8.81. The number of anilines is 1. The second-order valence-corrected chi connectivity index (χ2v) is 4.53. The molecule has 2 unspecified atom stereocenters. The highest BCUT2D eigenvalue weighted by Gasteiger charge is 2.36. The number of allylic oxidation sites excluding steroid dienone is 3. The van der Waals surface area contributed by atoms with Gasteiger partial charge in [-0.15, -0.1) is 0 Å². The molecule has 1 aromatic rings. The number of fused-ring (bicyclic) bond motifs is 1. The Kier molecular flexibility index (Phi) is 2.37.